The highest BCUT2D eigenvalue weighted by atomic mass is 19.1. The minimum absolute atomic E-state index is 0.0645. The third-order valence-corrected chi connectivity index (χ3v) is 6.45. The van der Waals surface area contributed by atoms with Gasteiger partial charge >= 0.3 is 6.09 Å². The Bertz CT molecular complexity index is 1660. The van der Waals surface area contributed by atoms with E-state index in [2.05, 4.69) is 15.7 Å². The van der Waals surface area contributed by atoms with Gasteiger partial charge in [-0.1, -0.05) is 42.5 Å². The molecule has 1 aliphatic rings. The number of carbonyl (C=O) groups excluding carboxylic acids is 2. The lowest BCUT2D eigenvalue weighted by molar-refractivity contribution is -0.121. The summed E-state index contributed by atoms with van der Waals surface area (Å²) in [6, 6.07) is 21.9. The number of benzene rings is 3. The van der Waals surface area contributed by atoms with Crippen LogP contribution in [-0.4, -0.2) is 62.2 Å². The average molecular weight is 526 g/mol. The number of amides is 2. The summed E-state index contributed by atoms with van der Waals surface area (Å²) in [4.78, 5) is 36.7. The molecular weight excluding hydrogens is 501 g/mol. The quantitative estimate of drug-likeness (QED) is 0.360. The maximum Gasteiger partial charge on any atom is 0.410 e. The second-order valence-corrected chi connectivity index (χ2v) is 9.10. The van der Waals surface area contributed by atoms with Gasteiger partial charge in [0.05, 0.1) is 12.1 Å². The number of carbonyl (C=O) groups is 2. The van der Waals surface area contributed by atoms with E-state index < -0.39 is 12.1 Å². The number of rotatable bonds is 5. The van der Waals surface area contributed by atoms with Gasteiger partial charge in [0, 0.05) is 24.0 Å². The lowest BCUT2D eigenvalue weighted by atomic mass is 10.2. The molecule has 3 aromatic carbocycles. The highest BCUT2D eigenvalue weighted by Crippen LogP contribution is 2.25. The molecule has 0 saturated carbocycles. The lowest BCUT2D eigenvalue weighted by Crippen LogP contribution is -2.44. The average Bonchev–Trinajstić information content (AvgIpc) is 3.33. The molecule has 196 valence electrons. The fourth-order valence-electron chi connectivity index (χ4n) is 4.45. The van der Waals surface area contributed by atoms with E-state index in [0.717, 1.165) is 10.9 Å². The van der Waals surface area contributed by atoms with Crippen LogP contribution >= 0.6 is 0 Å². The zero-order chi connectivity index (χ0) is 26.8. The number of hydrogen-bond acceptors (Lipinski definition) is 7. The smallest absolute Gasteiger partial charge is 0.410 e. The summed E-state index contributed by atoms with van der Waals surface area (Å²) in [7, 11) is 0. The van der Waals surface area contributed by atoms with E-state index in [4.69, 9.17) is 14.7 Å². The van der Waals surface area contributed by atoms with E-state index in [9.17, 15) is 14.0 Å². The maximum absolute atomic E-state index is 13.5. The van der Waals surface area contributed by atoms with Gasteiger partial charge in [-0.3, -0.25) is 4.79 Å². The Hall–Kier alpha value is -5.06. The minimum Gasteiger partial charge on any atom is -0.445 e. The molecule has 11 heteroatoms. The number of anilines is 1. The Labute approximate surface area is 222 Å². The monoisotopic (exact) mass is 525 g/mol. The van der Waals surface area contributed by atoms with E-state index in [1.54, 1.807) is 12.1 Å². The highest BCUT2D eigenvalue weighted by Gasteiger charge is 2.30. The fraction of sp³-hybridized carbons (Fsp3) is 0.179. The Morgan fingerprint density at radius 3 is 2.62 bits per heavy atom. The largest absolute Gasteiger partial charge is 0.445 e. The third kappa shape index (κ3) is 5.06. The van der Waals surface area contributed by atoms with Crippen LogP contribution in [-0.2, 0) is 16.1 Å². The van der Waals surface area contributed by atoms with Crippen molar-refractivity contribution < 1.29 is 18.7 Å². The van der Waals surface area contributed by atoms with Gasteiger partial charge in [-0.25, -0.2) is 19.2 Å². The minimum atomic E-state index is -0.827. The van der Waals surface area contributed by atoms with Gasteiger partial charge in [-0.2, -0.15) is 4.52 Å². The van der Waals surface area contributed by atoms with E-state index in [1.165, 1.54) is 21.5 Å². The molecule has 3 heterocycles. The first-order valence-electron chi connectivity index (χ1n) is 12.5. The molecule has 0 spiro atoms. The first kappa shape index (κ1) is 24.3. The zero-order valence-corrected chi connectivity index (χ0v) is 20.8. The summed E-state index contributed by atoms with van der Waals surface area (Å²) < 4.78 is 20.5. The second-order valence-electron chi connectivity index (χ2n) is 9.10. The van der Waals surface area contributed by atoms with Gasteiger partial charge in [0.25, 0.3) is 0 Å². The van der Waals surface area contributed by atoms with Crippen molar-refractivity contribution in [2.24, 2.45) is 0 Å². The van der Waals surface area contributed by atoms with Crippen LogP contribution in [0.5, 0.6) is 0 Å². The van der Waals surface area contributed by atoms with Gasteiger partial charge in [0.15, 0.2) is 11.5 Å². The van der Waals surface area contributed by atoms with Crippen molar-refractivity contribution in [3.8, 4) is 11.4 Å². The van der Waals surface area contributed by atoms with Crippen LogP contribution in [0.2, 0.25) is 0 Å². The Kier molecular flexibility index (Phi) is 6.45. The highest BCUT2D eigenvalue weighted by molar-refractivity contribution is 5.93. The first-order valence-corrected chi connectivity index (χ1v) is 12.5. The fourth-order valence-corrected chi connectivity index (χ4v) is 4.45. The van der Waals surface area contributed by atoms with Gasteiger partial charge in [0.2, 0.25) is 11.9 Å². The number of hydrogen-bond donors (Lipinski definition) is 2. The van der Waals surface area contributed by atoms with E-state index in [-0.39, 0.29) is 37.4 Å². The summed E-state index contributed by atoms with van der Waals surface area (Å²) in [6.45, 7) is 0.786. The molecule has 0 unspecified atom stereocenters. The van der Waals surface area contributed by atoms with Crippen molar-refractivity contribution >= 4 is 34.5 Å². The molecule has 0 aliphatic carbocycles. The van der Waals surface area contributed by atoms with Crippen LogP contribution in [0.4, 0.5) is 15.1 Å². The number of aromatic nitrogens is 4. The number of ether oxygens (including phenoxy) is 1. The molecule has 1 aliphatic heterocycles. The van der Waals surface area contributed by atoms with E-state index in [1.807, 2.05) is 54.6 Å². The first-order chi connectivity index (χ1) is 19.0. The van der Waals surface area contributed by atoms with Gasteiger partial charge in [-0.05, 0) is 42.0 Å². The van der Waals surface area contributed by atoms with Gasteiger partial charge < -0.3 is 20.3 Å². The van der Waals surface area contributed by atoms with Crippen LogP contribution in [0.25, 0.3) is 27.9 Å². The molecular formula is C28H24FN7O3. The number of fused-ring (bicyclic) bond motifs is 3. The molecule has 39 heavy (non-hydrogen) atoms. The Morgan fingerprint density at radius 1 is 1.03 bits per heavy atom. The molecule has 2 N–H and O–H groups in total. The second kappa shape index (κ2) is 10.4. The van der Waals surface area contributed by atoms with Crippen molar-refractivity contribution in [2.45, 2.75) is 12.6 Å². The lowest BCUT2D eigenvalue weighted by Gasteiger charge is -2.23. The summed E-state index contributed by atoms with van der Waals surface area (Å²) >= 11 is 0. The van der Waals surface area contributed by atoms with Crippen LogP contribution in [0.3, 0.4) is 0 Å². The van der Waals surface area contributed by atoms with Crippen molar-refractivity contribution in [2.75, 3.05) is 25.0 Å². The molecule has 2 aromatic heterocycles. The predicted octanol–water partition coefficient (Wildman–Crippen LogP) is 3.63. The van der Waals surface area contributed by atoms with Crippen molar-refractivity contribution in [3.63, 3.8) is 0 Å². The number of nitrogens with zero attached hydrogens (tertiary/aromatic N) is 5. The van der Waals surface area contributed by atoms with E-state index >= 15 is 0 Å². The Morgan fingerprint density at radius 2 is 1.79 bits per heavy atom. The van der Waals surface area contributed by atoms with Crippen molar-refractivity contribution in [1.29, 1.82) is 0 Å². The molecule has 1 saturated heterocycles. The van der Waals surface area contributed by atoms with Crippen molar-refractivity contribution in [3.05, 3.63) is 90.2 Å². The molecule has 0 radical (unpaired) electrons. The van der Waals surface area contributed by atoms with Crippen LogP contribution in [0.15, 0.2) is 78.9 Å². The third-order valence-electron chi connectivity index (χ3n) is 6.45. The predicted molar refractivity (Wildman–Crippen MR) is 142 cm³/mol. The van der Waals surface area contributed by atoms with Crippen LogP contribution in [0.1, 0.15) is 5.56 Å². The van der Waals surface area contributed by atoms with Crippen LogP contribution in [0, 0.1) is 5.82 Å². The summed E-state index contributed by atoms with van der Waals surface area (Å²) in [5.74, 6) is 0.0235. The molecule has 5 aromatic rings. The standard InChI is InChI=1S/C28H24FN7O3/c29-20-12-10-19(11-13-20)24-33-25-21-8-4-5-9-22(21)31-27(36(25)34-24)32-23-16-35(15-14-30-26(23)37)28(38)39-17-18-6-2-1-3-7-18/h1-13,23H,14-17H2,(H,30,37)(H,31,32)/t23-/m1/s1. The number of nitrogens with one attached hydrogen (secondary N) is 2. The maximum atomic E-state index is 13.5. The van der Waals surface area contributed by atoms with Gasteiger partial charge in [-0.15, -0.1) is 5.10 Å². The topological polar surface area (TPSA) is 114 Å². The Balaban J connectivity index is 1.30. The van der Waals surface area contributed by atoms with Crippen LogP contribution < -0.4 is 10.6 Å². The molecule has 6 rings (SSSR count). The molecule has 10 nitrogen and oxygen atoms in total. The summed E-state index contributed by atoms with van der Waals surface area (Å²) in [5.41, 5.74) is 2.68. The van der Waals surface area contributed by atoms with Crippen molar-refractivity contribution in [1.82, 2.24) is 29.8 Å². The zero-order valence-electron chi connectivity index (χ0n) is 20.8. The van der Waals surface area contributed by atoms with Gasteiger partial charge in [0.1, 0.15) is 18.5 Å². The summed E-state index contributed by atoms with van der Waals surface area (Å²) in [5, 5.41) is 11.4. The van der Waals surface area contributed by atoms with E-state index in [0.29, 0.717) is 29.1 Å². The molecule has 0 bridgehead atoms. The normalized spacial score (nSPS) is 15.7. The molecule has 2 amide bonds. The molecule has 1 atom stereocenters. The summed E-state index contributed by atoms with van der Waals surface area (Å²) in [6.07, 6.45) is -0.516. The number of halogens is 1. The number of para-hydroxylation sites is 1. The SMILES string of the molecule is O=C1NCCN(C(=O)OCc2ccccc2)C[C@H]1Nc1nc2ccccc2c2nc(-c3ccc(F)cc3)nn12. The molecule has 1 fully saturated rings.